The maximum absolute atomic E-state index is 13.5. The van der Waals surface area contributed by atoms with Crippen LogP contribution < -0.4 is 11.1 Å². The van der Waals surface area contributed by atoms with Crippen LogP contribution in [-0.2, 0) is 18.3 Å². The summed E-state index contributed by atoms with van der Waals surface area (Å²) in [5.41, 5.74) is 1.90. The van der Waals surface area contributed by atoms with Crippen molar-refractivity contribution in [2.24, 2.45) is 7.05 Å². The van der Waals surface area contributed by atoms with Gasteiger partial charge in [0.15, 0.2) is 5.58 Å². The number of halogens is 2. The van der Waals surface area contributed by atoms with Crippen molar-refractivity contribution >= 4 is 22.7 Å². The summed E-state index contributed by atoms with van der Waals surface area (Å²) in [6.45, 7) is 0. The van der Waals surface area contributed by atoms with Gasteiger partial charge < -0.3 is 9.73 Å². The number of aryl methyl sites for hydroxylation is 2. The molecule has 3 aromatic rings. The molecule has 0 unspecified atom stereocenters. The fraction of sp³-hybridized carbons (Fsp3) is 0.176. The number of carbonyl (C=O) groups excluding carboxylic acids is 1. The zero-order valence-corrected chi connectivity index (χ0v) is 12.8. The fourth-order valence-corrected chi connectivity index (χ4v) is 2.39. The van der Waals surface area contributed by atoms with E-state index in [-0.39, 0.29) is 18.0 Å². The second-order valence-electron chi connectivity index (χ2n) is 5.40. The molecule has 0 bridgehead atoms. The van der Waals surface area contributed by atoms with Crippen molar-refractivity contribution in [3.8, 4) is 0 Å². The van der Waals surface area contributed by atoms with E-state index in [0.717, 1.165) is 11.6 Å². The van der Waals surface area contributed by atoms with Gasteiger partial charge in [0.1, 0.15) is 11.6 Å². The summed E-state index contributed by atoms with van der Waals surface area (Å²) in [6, 6.07) is 8.16. The van der Waals surface area contributed by atoms with Crippen molar-refractivity contribution in [3.05, 3.63) is 64.1 Å². The van der Waals surface area contributed by atoms with E-state index in [1.165, 1.54) is 10.6 Å². The normalized spacial score (nSPS) is 11.0. The molecular weight excluding hydrogens is 318 g/mol. The molecule has 0 aliphatic heterocycles. The summed E-state index contributed by atoms with van der Waals surface area (Å²) in [4.78, 5) is 23.4. The van der Waals surface area contributed by atoms with Gasteiger partial charge in [-0.15, -0.1) is 0 Å². The molecule has 2 aromatic carbocycles. The maximum atomic E-state index is 13.5. The first kappa shape index (κ1) is 15.9. The molecular formula is C17H14F2N2O3. The Bertz CT molecular complexity index is 976. The van der Waals surface area contributed by atoms with Crippen LogP contribution in [0.5, 0.6) is 0 Å². The number of fused-ring (bicyclic) bond motifs is 1. The van der Waals surface area contributed by atoms with Crippen molar-refractivity contribution in [3.63, 3.8) is 0 Å². The van der Waals surface area contributed by atoms with E-state index in [1.807, 2.05) is 0 Å². The summed E-state index contributed by atoms with van der Waals surface area (Å²) in [5, 5.41) is 2.41. The number of amides is 1. The zero-order chi connectivity index (χ0) is 17.3. The van der Waals surface area contributed by atoms with Crippen LogP contribution in [0.25, 0.3) is 11.1 Å². The molecule has 0 aliphatic carbocycles. The number of benzene rings is 2. The van der Waals surface area contributed by atoms with Crippen LogP contribution in [0.1, 0.15) is 12.0 Å². The molecule has 0 radical (unpaired) electrons. The van der Waals surface area contributed by atoms with Gasteiger partial charge in [-0.1, -0.05) is 6.07 Å². The molecule has 124 valence electrons. The third-order valence-corrected chi connectivity index (χ3v) is 3.70. The fourth-order valence-electron chi connectivity index (χ4n) is 2.39. The third kappa shape index (κ3) is 3.19. The Morgan fingerprint density at radius 3 is 2.75 bits per heavy atom. The number of nitrogens with one attached hydrogen (secondary N) is 1. The number of aromatic nitrogens is 1. The van der Waals surface area contributed by atoms with E-state index >= 15 is 0 Å². The summed E-state index contributed by atoms with van der Waals surface area (Å²) in [5.74, 6) is -2.36. The predicted molar refractivity (Wildman–Crippen MR) is 84.8 cm³/mol. The highest BCUT2D eigenvalue weighted by atomic mass is 19.1. The van der Waals surface area contributed by atoms with Crippen LogP contribution in [0.4, 0.5) is 14.5 Å². The maximum Gasteiger partial charge on any atom is 0.419 e. The van der Waals surface area contributed by atoms with Crippen LogP contribution in [-0.4, -0.2) is 10.5 Å². The number of hydrogen-bond donors (Lipinski definition) is 1. The van der Waals surface area contributed by atoms with Crippen LogP contribution in [0.3, 0.4) is 0 Å². The van der Waals surface area contributed by atoms with Gasteiger partial charge in [0.05, 0.1) is 11.2 Å². The lowest BCUT2D eigenvalue weighted by molar-refractivity contribution is -0.116. The number of carbonyl (C=O) groups is 1. The predicted octanol–water partition coefficient (Wildman–Crippen LogP) is 2.98. The van der Waals surface area contributed by atoms with E-state index in [1.54, 1.807) is 25.2 Å². The average molecular weight is 332 g/mol. The lowest BCUT2D eigenvalue weighted by Gasteiger charge is -2.06. The minimum atomic E-state index is -0.821. The summed E-state index contributed by atoms with van der Waals surface area (Å²) in [7, 11) is 1.60. The molecule has 0 spiro atoms. The summed E-state index contributed by atoms with van der Waals surface area (Å²) >= 11 is 0. The topological polar surface area (TPSA) is 64.2 Å². The van der Waals surface area contributed by atoms with E-state index in [4.69, 9.17) is 4.42 Å². The average Bonchev–Trinajstić information content (AvgIpc) is 2.83. The number of rotatable bonds is 4. The van der Waals surface area contributed by atoms with Crippen molar-refractivity contribution in [2.45, 2.75) is 12.8 Å². The van der Waals surface area contributed by atoms with Crippen molar-refractivity contribution in [2.75, 3.05) is 5.32 Å². The Balaban J connectivity index is 1.67. The number of oxazole rings is 1. The molecule has 0 atom stereocenters. The molecule has 1 heterocycles. The highest BCUT2D eigenvalue weighted by Crippen LogP contribution is 2.17. The first-order valence-electron chi connectivity index (χ1n) is 7.27. The van der Waals surface area contributed by atoms with Crippen LogP contribution in [0.2, 0.25) is 0 Å². The Morgan fingerprint density at radius 1 is 1.21 bits per heavy atom. The van der Waals surface area contributed by atoms with Crippen LogP contribution in [0, 0.1) is 11.6 Å². The van der Waals surface area contributed by atoms with E-state index in [2.05, 4.69) is 5.32 Å². The van der Waals surface area contributed by atoms with Gasteiger partial charge in [0, 0.05) is 19.5 Å². The first-order chi connectivity index (χ1) is 11.4. The molecule has 1 aromatic heterocycles. The molecule has 0 saturated carbocycles. The molecule has 3 rings (SSSR count). The van der Waals surface area contributed by atoms with Crippen molar-refractivity contribution in [1.82, 2.24) is 4.57 Å². The lowest BCUT2D eigenvalue weighted by atomic mass is 10.1. The zero-order valence-electron chi connectivity index (χ0n) is 12.8. The standard InChI is InChI=1S/C17H14F2N2O3/c1-21-14-8-10(2-6-15(14)24-17(21)23)3-7-16(22)20-13-5-4-11(18)9-12(13)19/h2,4-6,8-9H,3,7H2,1H3,(H,20,22). The number of nitrogens with zero attached hydrogens (tertiary/aromatic N) is 1. The smallest absolute Gasteiger partial charge is 0.408 e. The second-order valence-corrected chi connectivity index (χ2v) is 5.40. The minimum absolute atomic E-state index is 0.0610. The monoisotopic (exact) mass is 332 g/mol. The quantitative estimate of drug-likeness (QED) is 0.799. The van der Waals surface area contributed by atoms with E-state index in [9.17, 15) is 18.4 Å². The second kappa shape index (κ2) is 6.27. The molecule has 0 saturated heterocycles. The van der Waals surface area contributed by atoms with Gasteiger partial charge in [0.2, 0.25) is 5.91 Å². The SMILES string of the molecule is Cn1c(=O)oc2ccc(CCC(=O)Nc3ccc(F)cc3F)cc21. The van der Waals surface area contributed by atoms with Crippen LogP contribution >= 0.6 is 0 Å². The van der Waals surface area contributed by atoms with Gasteiger partial charge in [-0.25, -0.2) is 13.6 Å². The van der Waals surface area contributed by atoms with Gasteiger partial charge in [-0.2, -0.15) is 0 Å². The highest BCUT2D eigenvalue weighted by Gasteiger charge is 2.10. The Labute approximate surface area is 135 Å². The Morgan fingerprint density at radius 2 is 2.00 bits per heavy atom. The molecule has 1 N–H and O–H groups in total. The van der Waals surface area contributed by atoms with Gasteiger partial charge in [-0.3, -0.25) is 9.36 Å². The summed E-state index contributed by atoms with van der Waals surface area (Å²) < 4.78 is 32.7. The van der Waals surface area contributed by atoms with E-state index in [0.29, 0.717) is 23.6 Å². The lowest BCUT2D eigenvalue weighted by Crippen LogP contribution is -2.13. The number of anilines is 1. The Kier molecular flexibility index (Phi) is 4.16. The van der Waals surface area contributed by atoms with Gasteiger partial charge in [-0.05, 0) is 36.2 Å². The number of hydrogen-bond acceptors (Lipinski definition) is 3. The molecule has 24 heavy (non-hydrogen) atoms. The highest BCUT2D eigenvalue weighted by molar-refractivity contribution is 5.91. The third-order valence-electron chi connectivity index (χ3n) is 3.70. The van der Waals surface area contributed by atoms with Crippen LogP contribution in [0.15, 0.2) is 45.6 Å². The molecule has 1 amide bonds. The van der Waals surface area contributed by atoms with E-state index < -0.39 is 17.4 Å². The molecule has 0 fully saturated rings. The van der Waals surface area contributed by atoms with Gasteiger partial charge in [0.25, 0.3) is 0 Å². The van der Waals surface area contributed by atoms with Gasteiger partial charge >= 0.3 is 5.76 Å². The Hall–Kier alpha value is -2.96. The van der Waals surface area contributed by atoms with Crippen molar-refractivity contribution < 1.29 is 18.0 Å². The largest absolute Gasteiger partial charge is 0.419 e. The molecule has 7 heteroatoms. The van der Waals surface area contributed by atoms with Crippen molar-refractivity contribution in [1.29, 1.82) is 0 Å². The molecule has 0 aliphatic rings. The first-order valence-corrected chi connectivity index (χ1v) is 7.27. The molecule has 5 nitrogen and oxygen atoms in total. The summed E-state index contributed by atoms with van der Waals surface area (Å²) in [6.07, 6.45) is 0.526. The minimum Gasteiger partial charge on any atom is -0.408 e.